The Labute approximate surface area is 813 Å². The third kappa shape index (κ3) is 27.8. The zero-order valence-corrected chi connectivity index (χ0v) is 80.6. The first-order valence-electron chi connectivity index (χ1n) is 45.9. The van der Waals surface area contributed by atoms with E-state index in [9.17, 15) is 38.4 Å². The number of amides is 4. The second-order valence-corrected chi connectivity index (χ2v) is 35.8. The molecule has 8 aliphatic heterocycles. The van der Waals surface area contributed by atoms with E-state index in [1.165, 1.54) is 0 Å². The van der Waals surface area contributed by atoms with Crippen LogP contribution < -0.4 is 14.2 Å². The Bertz CT molecular complexity index is 5350. The maximum Gasteiger partial charge on any atom is 0.336 e. The molecule has 0 unspecified atom stereocenters. The highest BCUT2D eigenvalue weighted by Gasteiger charge is 2.44. The maximum atomic E-state index is 13.4. The number of carbonyl (C=O) groups excluding carboxylic acids is 8. The third-order valence-electron chi connectivity index (χ3n) is 25.1. The van der Waals surface area contributed by atoms with Crippen molar-refractivity contribution in [3.63, 3.8) is 0 Å². The van der Waals surface area contributed by atoms with Crippen LogP contribution in [0.3, 0.4) is 0 Å². The molecule has 0 aliphatic carbocycles. The lowest BCUT2D eigenvalue weighted by atomic mass is 9.83. The Morgan fingerprint density at radius 1 is 0.368 bits per heavy atom. The van der Waals surface area contributed by atoms with Gasteiger partial charge in [-0.3, -0.25) is 24.2 Å². The third-order valence-corrected chi connectivity index (χ3v) is 26.1. The van der Waals surface area contributed by atoms with E-state index < -0.39 is 41.6 Å². The molecule has 8 aliphatic rings. The predicted molar refractivity (Wildman–Crippen MR) is 511 cm³/mol. The first kappa shape index (κ1) is 102. The fourth-order valence-electron chi connectivity index (χ4n) is 17.8. The minimum atomic E-state index is -0.469. The van der Waals surface area contributed by atoms with E-state index in [1.54, 1.807) is 121 Å². The molecule has 8 aromatic rings. The molecule has 10 heterocycles. The molecule has 4 amide bonds. The summed E-state index contributed by atoms with van der Waals surface area (Å²) < 4.78 is 72.3. The number of allylic oxidation sites excluding steroid dienone is 4. The fourth-order valence-corrected chi connectivity index (χ4v) is 18.3. The number of ether oxygens (including phenoxy) is 13. The summed E-state index contributed by atoms with van der Waals surface area (Å²) in [6.45, 7) is 14.2. The number of rotatable bonds is 33. The van der Waals surface area contributed by atoms with Crippen molar-refractivity contribution in [3.05, 3.63) is 298 Å². The lowest BCUT2D eigenvalue weighted by Crippen LogP contribution is -2.42. The van der Waals surface area contributed by atoms with Crippen LogP contribution in [-0.2, 0) is 112 Å². The number of methoxy groups -OCH3 is 3. The average molecular weight is 1940 g/mol. The minimum Gasteiger partial charge on any atom is -0.496 e. The standard InChI is InChI=1S/2C28H32ClNO6.C25H27ClN2O5.C24H25ClN2O4/c2*1-19-27(28(32)36-18-20-5-11-23(12-6-20)35-15-14-33-2)25(21-7-9-22(29)10-8-21)16-26(31)30(19)17-24-4-3-13-34-24;1-16-24(25(30)33-15-18-6-3-4-8-21(18)31-2)20(17-9-10-22(26)27-13-17)12-23(29)28(16)14-19-7-5-11-32-19;1-16-23(24(29)31-15-17-4-2-10-26-13-17)21(18-6-8-19(25)9-7-18)12-22(28)27(16)14-20-5-3-11-30-20/h2*5-12,24-25H,3-4,13-18H2,1-2H3;3-4,6,8-10,13,19-20H,5,7,11-12,14-15H2,1-2H3;2,4,6-10,13,20-21H,3,5,11-12,14-15H2,1H3/t2*24-,25-;19-,20+;20-,21+/m1010/s1. The highest BCUT2D eigenvalue weighted by atomic mass is 35.5. The molecule has 0 radical (unpaired) electrons. The quantitative estimate of drug-likeness (QED) is 0.0160. The van der Waals surface area contributed by atoms with Crippen LogP contribution in [0.15, 0.2) is 234 Å². The number of carbonyl (C=O) groups is 8. The van der Waals surface area contributed by atoms with E-state index in [0.29, 0.717) is 150 Å². The number of pyridine rings is 2. The van der Waals surface area contributed by atoms with Gasteiger partial charge in [0.25, 0.3) is 0 Å². The number of aromatic nitrogens is 2. The summed E-state index contributed by atoms with van der Waals surface area (Å²) in [4.78, 5) is 121. The molecule has 31 heteroatoms. The summed E-state index contributed by atoms with van der Waals surface area (Å²) in [5.41, 5.74) is 11.0. The topological polar surface area (TPSA) is 295 Å². The summed E-state index contributed by atoms with van der Waals surface area (Å²) in [6.07, 6.45) is 13.1. The minimum absolute atomic E-state index is 0.00125. The van der Waals surface area contributed by atoms with Crippen LogP contribution in [-0.4, -0.2) is 202 Å². The van der Waals surface area contributed by atoms with Gasteiger partial charge in [-0.2, -0.15) is 0 Å². The molecule has 2 aromatic heterocycles. The van der Waals surface area contributed by atoms with E-state index in [0.717, 1.165) is 107 Å². The van der Waals surface area contributed by atoms with Gasteiger partial charge in [0.05, 0.1) is 93.2 Å². The molecule has 0 spiro atoms. The summed E-state index contributed by atoms with van der Waals surface area (Å²) >= 11 is 24.2. The number of para-hydroxylation sites is 1. The first-order valence-corrected chi connectivity index (χ1v) is 47.4. The van der Waals surface area contributed by atoms with Crippen LogP contribution in [0.1, 0.15) is 173 Å². The van der Waals surface area contributed by atoms with Crippen molar-refractivity contribution >= 4 is 93.9 Å². The van der Waals surface area contributed by atoms with Crippen LogP contribution in [0.4, 0.5) is 0 Å². The summed E-state index contributed by atoms with van der Waals surface area (Å²) in [7, 11) is 4.82. The second kappa shape index (κ2) is 50.6. The van der Waals surface area contributed by atoms with Crippen LogP contribution in [0.5, 0.6) is 17.2 Å². The smallest absolute Gasteiger partial charge is 0.336 e. The molecular weight excluding hydrogens is 1820 g/mol. The Kier molecular flexibility index (Phi) is 38.0. The zero-order valence-electron chi connectivity index (χ0n) is 77.6. The van der Waals surface area contributed by atoms with Crippen LogP contribution in [0.2, 0.25) is 20.2 Å². The van der Waals surface area contributed by atoms with Gasteiger partial charge in [-0.15, -0.1) is 0 Å². The van der Waals surface area contributed by atoms with E-state index in [4.69, 9.17) is 108 Å². The lowest BCUT2D eigenvalue weighted by molar-refractivity contribution is -0.143. The highest BCUT2D eigenvalue weighted by Crippen LogP contribution is 2.44. The van der Waals surface area contributed by atoms with Crippen LogP contribution in [0, 0.1) is 0 Å². The van der Waals surface area contributed by atoms with Crippen molar-refractivity contribution in [3.8, 4) is 17.2 Å². The summed E-state index contributed by atoms with van der Waals surface area (Å²) in [6, 6.07) is 51.1. The van der Waals surface area contributed by atoms with Gasteiger partial charge in [0.15, 0.2) is 0 Å². The molecule has 136 heavy (non-hydrogen) atoms. The molecule has 0 bridgehead atoms. The predicted octanol–water partition coefficient (Wildman–Crippen LogP) is 18.3. The Balaban J connectivity index is 0.000000154. The van der Waals surface area contributed by atoms with Crippen molar-refractivity contribution in [1.29, 1.82) is 0 Å². The Hall–Kier alpha value is -11.3. The van der Waals surface area contributed by atoms with Gasteiger partial charge in [-0.05, 0) is 191 Å². The molecule has 4 fully saturated rings. The molecule has 4 saturated heterocycles. The van der Waals surface area contributed by atoms with Gasteiger partial charge in [0.2, 0.25) is 23.6 Å². The van der Waals surface area contributed by atoms with Crippen molar-refractivity contribution in [2.45, 2.75) is 179 Å². The Morgan fingerprint density at radius 2 is 0.699 bits per heavy atom. The lowest BCUT2D eigenvalue weighted by Gasteiger charge is -2.35. The van der Waals surface area contributed by atoms with Crippen LogP contribution >= 0.6 is 46.4 Å². The van der Waals surface area contributed by atoms with E-state index in [2.05, 4.69) is 9.97 Å². The SMILES string of the molecule is CC1=C(C(=O)OCc2cccnc2)[C@@H](c2ccc(Cl)cc2)CC(=O)N1C[C@@H]1CCCO1.COCCOc1ccc(COC(=O)C2=C(C)N(C[C@@H]3CCCO3)C(=O)C[C@H]2c2ccc(Cl)cc2)cc1.COCCOc1ccc(COC(=O)C2=C(C)N(C[C@H]3CCCO3)C(=O)C[C@@H]2c2ccc(Cl)cc2)cc1.COc1ccccc1COC(=O)C1=C(C)N(C[C@H]2CCCO2)C(=O)C[C@H]1c1ccc(Cl)nc1. The zero-order chi connectivity index (χ0) is 96.2. The summed E-state index contributed by atoms with van der Waals surface area (Å²) in [5, 5.41) is 2.15. The molecule has 16 rings (SSSR count). The fraction of sp³-hybridized carbons (Fsp3) is 0.410. The number of esters is 4. The van der Waals surface area contributed by atoms with E-state index in [-0.39, 0.29) is 106 Å². The number of hydrogen-bond donors (Lipinski definition) is 0. The second-order valence-electron chi connectivity index (χ2n) is 34.1. The molecule has 0 saturated carbocycles. The van der Waals surface area contributed by atoms with E-state index in [1.807, 2.05) is 136 Å². The Morgan fingerprint density at radius 3 is 1.01 bits per heavy atom. The largest absolute Gasteiger partial charge is 0.496 e. The molecule has 27 nitrogen and oxygen atoms in total. The maximum absolute atomic E-state index is 13.4. The number of nitrogens with zero attached hydrogens (tertiary/aromatic N) is 6. The van der Waals surface area contributed by atoms with Crippen molar-refractivity contribution in [1.82, 2.24) is 29.6 Å². The van der Waals surface area contributed by atoms with Gasteiger partial charge >= 0.3 is 23.9 Å². The molecule has 0 N–H and O–H groups in total. The molecule has 720 valence electrons. The monoisotopic (exact) mass is 1940 g/mol. The number of hydrogen-bond acceptors (Lipinski definition) is 23. The highest BCUT2D eigenvalue weighted by molar-refractivity contribution is 6.31. The summed E-state index contributed by atoms with van der Waals surface area (Å²) in [5.74, 6) is -1.44. The van der Waals surface area contributed by atoms with Gasteiger partial charge in [0, 0.05) is 158 Å². The number of benzene rings is 6. The van der Waals surface area contributed by atoms with Gasteiger partial charge < -0.3 is 81.2 Å². The molecule has 6 aromatic carbocycles. The van der Waals surface area contributed by atoms with Gasteiger partial charge in [-0.1, -0.05) is 137 Å². The van der Waals surface area contributed by atoms with Crippen LogP contribution in [0.25, 0.3) is 0 Å². The first-order chi connectivity index (χ1) is 65.9. The average Bonchev–Trinajstić information content (AvgIpc) is 1.09. The normalized spacial score (nSPS) is 20.6. The number of halogens is 4. The molecular formula is C105H116Cl4N6O21. The van der Waals surface area contributed by atoms with Crippen molar-refractivity contribution < 1.29 is 99.9 Å². The van der Waals surface area contributed by atoms with E-state index >= 15 is 0 Å². The van der Waals surface area contributed by atoms with Crippen molar-refractivity contribution in [2.24, 2.45) is 0 Å². The van der Waals surface area contributed by atoms with Crippen molar-refractivity contribution in [2.75, 3.05) is 100 Å². The van der Waals surface area contributed by atoms with Gasteiger partial charge in [0.1, 0.15) is 62.0 Å². The van der Waals surface area contributed by atoms with Gasteiger partial charge in [-0.25, -0.2) is 24.2 Å². The molecule has 8 atom stereocenters.